The number of ether oxygens (including phenoxy) is 1. The van der Waals surface area contributed by atoms with Gasteiger partial charge < -0.3 is 9.64 Å². The van der Waals surface area contributed by atoms with E-state index in [9.17, 15) is 4.79 Å². The molecule has 1 saturated carbocycles. The highest BCUT2D eigenvalue weighted by Gasteiger charge is 2.61. The van der Waals surface area contributed by atoms with E-state index in [1.807, 2.05) is 25.7 Å². The lowest BCUT2D eigenvalue weighted by atomic mass is 10.1. The van der Waals surface area contributed by atoms with Gasteiger partial charge in [0.1, 0.15) is 5.60 Å². The van der Waals surface area contributed by atoms with E-state index in [0.717, 1.165) is 26.2 Å². The fourth-order valence-electron chi connectivity index (χ4n) is 3.13. The highest BCUT2D eigenvalue weighted by Crippen LogP contribution is 2.58. The molecule has 2 atom stereocenters. The molecule has 1 heterocycles. The molecule has 1 aliphatic heterocycles. The maximum Gasteiger partial charge on any atom is 0.410 e. The molecular weight excluding hydrogens is 254 g/mol. The van der Waals surface area contributed by atoms with Gasteiger partial charge in [0.15, 0.2) is 0 Å². The number of nitriles is 1. The Morgan fingerprint density at radius 3 is 2.80 bits per heavy atom. The molecule has 1 saturated heterocycles. The van der Waals surface area contributed by atoms with E-state index in [1.54, 1.807) is 0 Å². The second kappa shape index (κ2) is 5.25. The van der Waals surface area contributed by atoms with Crippen LogP contribution in [0.1, 0.15) is 34.1 Å². The van der Waals surface area contributed by atoms with Gasteiger partial charge in [-0.25, -0.2) is 4.79 Å². The minimum Gasteiger partial charge on any atom is -0.444 e. The van der Waals surface area contributed by atoms with Crippen molar-refractivity contribution < 1.29 is 9.53 Å². The maximum absolute atomic E-state index is 12.1. The van der Waals surface area contributed by atoms with Crippen LogP contribution in [-0.2, 0) is 4.74 Å². The van der Waals surface area contributed by atoms with Gasteiger partial charge in [-0.3, -0.25) is 4.90 Å². The molecule has 0 radical (unpaired) electrons. The monoisotopic (exact) mass is 279 g/mol. The van der Waals surface area contributed by atoms with Crippen LogP contribution >= 0.6 is 0 Å². The predicted molar refractivity (Wildman–Crippen MR) is 76.1 cm³/mol. The van der Waals surface area contributed by atoms with Crippen LogP contribution in [0.4, 0.5) is 4.79 Å². The SMILES string of the molecule is CCN(CC#N)CC12CC1CN(C(=O)OC(C)(C)C)C2. The Balaban J connectivity index is 1.90. The zero-order chi connectivity index (χ0) is 15.0. The number of carbonyl (C=O) groups is 1. The second-order valence-corrected chi connectivity index (χ2v) is 7.09. The molecule has 2 fully saturated rings. The quantitative estimate of drug-likeness (QED) is 0.739. The molecule has 112 valence electrons. The Morgan fingerprint density at radius 2 is 2.25 bits per heavy atom. The zero-order valence-corrected chi connectivity index (χ0v) is 13.0. The summed E-state index contributed by atoms with van der Waals surface area (Å²) in [5.74, 6) is 0.586. The average molecular weight is 279 g/mol. The normalized spacial score (nSPS) is 28.2. The molecule has 0 aromatic heterocycles. The van der Waals surface area contributed by atoms with Crippen molar-refractivity contribution in [1.82, 2.24) is 9.80 Å². The van der Waals surface area contributed by atoms with Crippen molar-refractivity contribution in [3.63, 3.8) is 0 Å². The van der Waals surface area contributed by atoms with E-state index in [2.05, 4.69) is 17.9 Å². The van der Waals surface area contributed by atoms with Crippen LogP contribution in [0.5, 0.6) is 0 Å². The molecule has 1 aliphatic carbocycles. The van der Waals surface area contributed by atoms with Gasteiger partial charge in [-0.2, -0.15) is 5.26 Å². The van der Waals surface area contributed by atoms with Crippen LogP contribution < -0.4 is 0 Å². The number of amides is 1. The first-order valence-corrected chi connectivity index (χ1v) is 7.37. The average Bonchev–Trinajstić information content (AvgIpc) is 2.87. The molecule has 0 aromatic carbocycles. The van der Waals surface area contributed by atoms with Gasteiger partial charge in [-0.15, -0.1) is 0 Å². The van der Waals surface area contributed by atoms with Gasteiger partial charge >= 0.3 is 6.09 Å². The number of rotatable bonds is 4. The van der Waals surface area contributed by atoms with Gasteiger partial charge in [-0.05, 0) is 39.7 Å². The third-order valence-electron chi connectivity index (χ3n) is 4.24. The molecule has 2 rings (SSSR count). The van der Waals surface area contributed by atoms with Crippen molar-refractivity contribution in [2.75, 3.05) is 32.7 Å². The van der Waals surface area contributed by atoms with Crippen LogP contribution in [0.25, 0.3) is 0 Å². The molecule has 5 nitrogen and oxygen atoms in total. The Hall–Kier alpha value is -1.28. The topological polar surface area (TPSA) is 56.6 Å². The first kappa shape index (κ1) is 15.1. The lowest BCUT2D eigenvalue weighted by Gasteiger charge is -2.28. The van der Waals surface area contributed by atoms with Crippen LogP contribution in [-0.4, -0.2) is 54.2 Å². The van der Waals surface area contributed by atoms with Crippen molar-refractivity contribution in [3.05, 3.63) is 0 Å². The lowest BCUT2D eigenvalue weighted by Crippen LogP contribution is -2.39. The number of nitrogens with zero attached hydrogens (tertiary/aromatic N) is 3. The highest BCUT2D eigenvalue weighted by molar-refractivity contribution is 5.69. The fourth-order valence-corrected chi connectivity index (χ4v) is 3.13. The summed E-state index contributed by atoms with van der Waals surface area (Å²) in [5, 5.41) is 8.83. The number of hydrogen-bond donors (Lipinski definition) is 0. The molecule has 1 amide bonds. The van der Waals surface area contributed by atoms with E-state index in [1.165, 1.54) is 6.42 Å². The smallest absolute Gasteiger partial charge is 0.410 e. The van der Waals surface area contributed by atoms with Crippen molar-refractivity contribution in [3.8, 4) is 6.07 Å². The van der Waals surface area contributed by atoms with Crippen LogP contribution in [0.2, 0.25) is 0 Å². The molecule has 20 heavy (non-hydrogen) atoms. The van der Waals surface area contributed by atoms with E-state index in [-0.39, 0.29) is 11.5 Å². The predicted octanol–water partition coefficient (Wildman–Crippen LogP) is 2.09. The Morgan fingerprint density at radius 1 is 1.55 bits per heavy atom. The molecule has 2 aliphatic rings. The molecule has 0 spiro atoms. The van der Waals surface area contributed by atoms with Gasteiger partial charge in [0, 0.05) is 25.0 Å². The van der Waals surface area contributed by atoms with Gasteiger partial charge in [0.05, 0.1) is 12.6 Å². The number of carbonyl (C=O) groups excluding carboxylic acids is 1. The van der Waals surface area contributed by atoms with E-state index < -0.39 is 5.60 Å². The van der Waals surface area contributed by atoms with E-state index in [4.69, 9.17) is 10.00 Å². The summed E-state index contributed by atoms with van der Waals surface area (Å²) in [7, 11) is 0. The largest absolute Gasteiger partial charge is 0.444 e. The van der Waals surface area contributed by atoms with Crippen molar-refractivity contribution in [2.24, 2.45) is 11.3 Å². The lowest BCUT2D eigenvalue weighted by molar-refractivity contribution is 0.0256. The van der Waals surface area contributed by atoms with Crippen molar-refractivity contribution in [1.29, 1.82) is 5.26 Å². The summed E-state index contributed by atoms with van der Waals surface area (Å²) in [6.07, 6.45) is 0.973. The minimum atomic E-state index is -0.437. The van der Waals surface area contributed by atoms with E-state index >= 15 is 0 Å². The Labute approximate surface area is 121 Å². The number of hydrogen-bond acceptors (Lipinski definition) is 4. The third kappa shape index (κ3) is 3.24. The molecule has 0 N–H and O–H groups in total. The zero-order valence-electron chi connectivity index (χ0n) is 13.0. The summed E-state index contributed by atoms with van der Waals surface area (Å²) >= 11 is 0. The molecule has 5 heteroatoms. The summed E-state index contributed by atoms with van der Waals surface area (Å²) in [5.41, 5.74) is -0.225. The summed E-state index contributed by atoms with van der Waals surface area (Å²) in [4.78, 5) is 16.1. The second-order valence-electron chi connectivity index (χ2n) is 7.09. The van der Waals surface area contributed by atoms with Crippen LogP contribution in [0, 0.1) is 22.7 Å². The summed E-state index contributed by atoms with van der Waals surface area (Å²) < 4.78 is 5.44. The number of likely N-dealkylation sites (tertiary alicyclic amines) is 1. The number of piperidine rings is 1. The Bertz CT molecular complexity index is 424. The van der Waals surface area contributed by atoms with Crippen LogP contribution in [0.3, 0.4) is 0 Å². The third-order valence-corrected chi connectivity index (χ3v) is 4.24. The maximum atomic E-state index is 12.1. The highest BCUT2D eigenvalue weighted by atomic mass is 16.6. The van der Waals surface area contributed by atoms with Crippen molar-refractivity contribution in [2.45, 2.75) is 39.7 Å². The standard InChI is InChI=1S/C15H25N3O2/c1-5-17(7-6-16)10-15-8-12(15)9-18(11-15)13(19)20-14(2,3)4/h12H,5,7-11H2,1-4H3. The van der Waals surface area contributed by atoms with Crippen LogP contribution in [0.15, 0.2) is 0 Å². The molecule has 2 unspecified atom stereocenters. The first-order chi connectivity index (χ1) is 9.29. The Kier molecular flexibility index (Phi) is 3.97. The van der Waals surface area contributed by atoms with E-state index in [0.29, 0.717) is 12.5 Å². The number of fused-ring (bicyclic) bond motifs is 1. The van der Waals surface area contributed by atoms with Gasteiger partial charge in [0.25, 0.3) is 0 Å². The first-order valence-electron chi connectivity index (χ1n) is 7.37. The minimum absolute atomic E-state index is 0.201. The molecule has 0 bridgehead atoms. The summed E-state index contributed by atoms with van der Waals surface area (Å²) in [6, 6.07) is 2.21. The van der Waals surface area contributed by atoms with Gasteiger partial charge in [-0.1, -0.05) is 6.92 Å². The summed E-state index contributed by atoms with van der Waals surface area (Å²) in [6.45, 7) is 11.6. The van der Waals surface area contributed by atoms with Gasteiger partial charge in [0.2, 0.25) is 0 Å². The fraction of sp³-hybridized carbons (Fsp3) is 0.867. The molecular formula is C15H25N3O2. The van der Waals surface area contributed by atoms with Crippen molar-refractivity contribution >= 4 is 6.09 Å². The molecule has 0 aromatic rings.